The lowest BCUT2D eigenvalue weighted by Gasteiger charge is -2.22. The van der Waals surface area contributed by atoms with Crippen LogP contribution >= 0.6 is 0 Å². The van der Waals surface area contributed by atoms with Crippen molar-refractivity contribution in [3.8, 4) is 22.6 Å². The van der Waals surface area contributed by atoms with Gasteiger partial charge in [0, 0.05) is 0 Å². The number of rotatable bonds is 17. The second-order valence-corrected chi connectivity index (χ2v) is 9.84. The number of ether oxygens (including phenoxy) is 2. The fourth-order valence-electron chi connectivity index (χ4n) is 3.73. The van der Waals surface area contributed by atoms with Crippen molar-refractivity contribution >= 4 is 10.1 Å². The van der Waals surface area contributed by atoms with Crippen LogP contribution in [0.25, 0.3) is 11.1 Å². The van der Waals surface area contributed by atoms with E-state index in [2.05, 4.69) is 25.6 Å². The van der Waals surface area contributed by atoms with E-state index < -0.39 is 10.1 Å². The minimum atomic E-state index is -3.92. The summed E-state index contributed by atoms with van der Waals surface area (Å²) in [6.45, 7) is 6.48. The third kappa shape index (κ3) is 10.4. The molecule has 0 aliphatic carbocycles. The van der Waals surface area contributed by atoms with E-state index >= 15 is 0 Å². The van der Waals surface area contributed by atoms with E-state index in [0.717, 1.165) is 54.7 Å². The van der Waals surface area contributed by atoms with Gasteiger partial charge in [-0.15, -0.1) is 6.58 Å². The van der Waals surface area contributed by atoms with E-state index in [0.29, 0.717) is 19.4 Å². The fraction of sp³-hybridized carbons (Fsp3) is 0.481. The lowest BCUT2D eigenvalue weighted by Crippen LogP contribution is -2.16. The van der Waals surface area contributed by atoms with E-state index in [1.54, 1.807) is 0 Å². The Balaban J connectivity index is 2.08. The molecule has 0 aliphatic heterocycles. The molecule has 0 bridgehead atoms. The van der Waals surface area contributed by atoms with Crippen molar-refractivity contribution in [3.05, 3.63) is 61.2 Å². The Morgan fingerprint density at radius 2 is 1.67 bits per heavy atom. The Morgan fingerprint density at radius 1 is 0.939 bits per heavy atom. The summed E-state index contributed by atoms with van der Waals surface area (Å²) in [5.74, 6) is 1.37. The van der Waals surface area contributed by atoms with Gasteiger partial charge in [0.15, 0.2) is 0 Å². The highest BCUT2D eigenvalue weighted by molar-refractivity contribution is 7.85. The first kappa shape index (κ1) is 26.9. The third-order valence-corrected chi connectivity index (χ3v) is 6.34. The summed E-state index contributed by atoms with van der Waals surface area (Å²) >= 11 is 0. The average molecular weight is 475 g/mol. The molecule has 6 heteroatoms. The maximum Gasteiger partial charge on any atom is 0.264 e. The topological polar surface area (TPSA) is 72.8 Å². The quantitative estimate of drug-likeness (QED) is 0.151. The maximum absolute atomic E-state index is 11.0. The summed E-state index contributed by atoms with van der Waals surface area (Å²) in [7, 11) is -3.92. The molecule has 0 fully saturated rings. The van der Waals surface area contributed by atoms with E-state index in [1.165, 1.54) is 12.8 Å². The molecule has 1 unspecified atom stereocenters. The van der Waals surface area contributed by atoms with Crippen LogP contribution in [0.2, 0.25) is 0 Å². The summed E-state index contributed by atoms with van der Waals surface area (Å²) in [5, 5.41) is 0. The number of hydrogen-bond donors (Lipinski definition) is 1. The van der Waals surface area contributed by atoms with Gasteiger partial charge >= 0.3 is 0 Å². The molecule has 0 saturated carbocycles. The number of unbranched alkanes of at least 4 members (excludes halogenated alkanes) is 5. The van der Waals surface area contributed by atoms with Crippen LogP contribution < -0.4 is 9.47 Å². The molecule has 33 heavy (non-hydrogen) atoms. The maximum atomic E-state index is 11.0. The van der Waals surface area contributed by atoms with Gasteiger partial charge < -0.3 is 9.47 Å². The molecule has 1 N–H and O–H groups in total. The molecule has 0 amide bonds. The summed E-state index contributed by atoms with van der Waals surface area (Å²) < 4.78 is 43.4. The van der Waals surface area contributed by atoms with Crippen LogP contribution in [0.4, 0.5) is 0 Å². The highest BCUT2D eigenvalue weighted by Gasteiger charge is 2.17. The minimum absolute atomic E-state index is 0.0473. The summed E-state index contributed by atoms with van der Waals surface area (Å²) in [6.07, 6.45) is 10.1. The predicted octanol–water partition coefficient (Wildman–Crippen LogP) is 7.08. The smallest absolute Gasteiger partial charge is 0.264 e. The van der Waals surface area contributed by atoms with Crippen molar-refractivity contribution in [2.75, 3.05) is 12.4 Å². The van der Waals surface area contributed by atoms with Crippen LogP contribution in [0.15, 0.2) is 61.2 Å². The van der Waals surface area contributed by atoms with E-state index in [4.69, 9.17) is 14.0 Å². The van der Waals surface area contributed by atoms with Crippen LogP contribution in [0.5, 0.6) is 11.5 Å². The molecule has 2 aromatic rings. The highest BCUT2D eigenvalue weighted by atomic mass is 32.2. The predicted molar refractivity (Wildman–Crippen MR) is 136 cm³/mol. The zero-order valence-corrected chi connectivity index (χ0v) is 20.6. The van der Waals surface area contributed by atoms with Gasteiger partial charge in [0.05, 0.1) is 24.0 Å². The molecule has 5 nitrogen and oxygen atoms in total. The van der Waals surface area contributed by atoms with Crippen LogP contribution in [0.3, 0.4) is 0 Å². The van der Waals surface area contributed by atoms with Crippen molar-refractivity contribution < 1.29 is 22.4 Å². The zero-order chi connectivity index (χ0) is 23.9. The summed E-state index contributed by atoms with van der Waals surface area (Å²) in [5.41, 5.74) is 1.98. The summed E-state index contributed by atoms with van der Waals surface area (Å²) in [6, 6.07) is 16.0. The van der Waals surface area contributed by atoms with E-state index in [-0.39, 0.29) is 11.9 Å². The first-order valence-corrected chi connectivity index (χ1v) is 13.6. The minimum Gasteiger partial charge on any atom is -0.493 e. The van der Waals surface area contributed by atoms with Gasteiger partial charge in [0.2, 0.25) is 0 Å². The SMILES string of the molecule is C=CCCCCCCOc1cccc(OC(CC)CCCCS(=O)(=O)O)c1-c1ccccc1. The van der Waals surface area contributed by atoms with Gasteiger partial charge in [-0.2, -0.15) is 8.42 Å². The lowest BCUT2D eigenvalue weighted by molar-refractivity contribution is 0.183. The van der Waals surface area contributed by atoms with Crippen LogP contribution in [-0.2, 0) is 10.1 Å². The molecule has 0 radical (unpaired) electrons. The monoisotopic (exact) mass is 474 g/mol. The van der Waals surface area contributed by atoms with Gasteiger partial charge in [-0.3, -0.25) is 4.55 Å². The molecular formula is C27H38O5S. The Labute approximate surface area is 199 Å². The molecule has 2 aromatic carbocycles. The molecule has 182 valence electrons. The van der Waals surface area contributed by atoms with Gasteiger partial charge in [0.1, 0.15) is 11.5 Å². The van der Waals surface area contributed by atoms with Gasteiger partial charge in [-0.25, -0.2) is 0 Å². The largest absolute Gasteiger partial charge is 0.493 e. The number of hydrogen-bond acceptors (Lipinski definition) is 4. The molecule has 0 spiro atoms. The van der Waals surface area contributed by atoms with Crippen LogP contribution in [-0.4, -0.2) is 31.4 Å². The molecule has 1 atom stereocenters. The van der Waals surface area contributed by atoms with Crippen molar-refractivity contribution in [1.82, 2.24) is 0 Å². The van der Waals surface area contributed by atoms with Crippen molar-refractivity contribution in [1.29, 1.82) is 0 Å². The normalized spacial score (nSPS) is 12.3. The standard InChI is InChI=1S/C27H38O5S/c1-3-5-6-7-8-13-21-31-25-19-15-20-26(27(25)23-16-10-9-11-17-23)32-24(4-2)18-12-14-22-33(28,29)30/h3,9-11,15-17,19-20,24H,1,4-8,12-14,18,21-22H2,2H3,(H,28,29,30). The Kier molecular flexibility index (Phi) is 12.0. The second kappa shape index (κ2) is 14.8. The van der Waals surface area contributed by atoms with Crippen molar-refractivity contribution in [2.45, 2.75) is 70.8 Å². The van der Waals surface area contributed by atoms with Gasteiger partial charge in [-0.1, -0.05) is 62.2 Å². The average Bonchev–Trinajstić information content (AvgIpc) is 2.80. The van der Waals surface area contributed by atoms with E-state index in [9.17, 15) is 8.42 Å². The first-order valence-electron chi connectivity index (χ1n) is 12.0. The Morgan fingerprint density at radius 3 is 2.36 bits per heavy atom. The van der Waals surface area contributed by atoms with Gasteiger partial charge in [0.25, 0.3) is 10.1 Å². The van der Waals surface area contributed by atoms with Crippen molar-refractivity contribution in [3.63, 3.8) is 0 Å². The Bertz CT molecular complexity index is 925. The summed E-state index contributed by atoms with van der Waals surface area (Å²) in [4.78, 5) is 0. The lowest BCUT2D eigenvalue weighted by atomic mass is 10.0. The van der Waals surface area contributed by atoms with Crippen LogP contribution in [0.1, 0.15) is 64.7 Å². The van der Waals surface area contributed by atoms with Crippen LogP contribution in [0, 0.1) is 0 Å². The zero-order valence-electron chi connectivity index (χ0n) is 19.7. The van der Waals surface area contributed by atoms with E-state index in [1.807, 2.05) is 42.5 Å². The third-order valence-electron chi connectivity index (χ3n) is 5.54. The van der Waals surface area contributed by atoms with Crippen molar-refractivity contribution in [2.24, 2.45) is 0 Å². The molecular weight excluding hydrogens is 436 g/mol. The molecule has 0 saturated heterocycles. The first-order chi connectivity index (χ1) is 15.9. The fourth-order valence-corrected chi connectivity index (χ4v) is 4.30. The van der Waals surface area contributed by atoms with Gasteiger partial charge in [-0.05, 0) is 62.6 Å². The highest BCUT2D eigenvalue weighted by Crippen LogP contribution is 2.39. The molecule has 0 heterocycles. The molecule has 0 aliphatic rings. The number of benzene rings is 2. The number of allylic oxidation sites excluding steroid dienone is 1. The second-order valence-electron chi connectivity index (χ2n) is 8.27. The molecule has 2 rings (SSSR count). The Hall–Kier alpha value is -2.31. The molecule has 0 aromatic heterocycles.